The van der Waals surface area contributed by atoms with Crippen molar-refractivity contribution in [2.45, 2.75) is 46.1 Å². The summed E-state index contributed by atoms with van der Waals surface area (Å²) in [5, 5.41) is 14.0. The molecule has 2 atom stereocenters. The second-order valence-electron chi connectivity index (χ2n) is 3.80. The molecule has 0 bridgehead atoms. The van der Waals surface area contributed by atoms with Gasteiger partial charge >= 0.3 is 0 Å². The lowest BCUT2D eigenvalue weighted by molar-refractivity contribution is -0.123. The minimum absolute atomic E-state index is 0.0600. The maximum atomic E-state index is 11.5. The van der Waals surface area contributed by atoms with Gasteiger partial charge in [0.2, 0.25) is 5.91 Å². The molecular formula is C10H21N3O2. The normalized spacial score (nSPS) is 15.8. The summed E-state index contributed by atoms with van der Waals surface area (Å²) in [6.45, 7) is 5.66. The molecule has 5 heteroatoms. The molecule has 0 aromatic heterocycles. The van der Waals surface area contributed by atoms with Gasteiger partial charge in [-0.2, -0.15) is 0 Å². The third-order valence-electron chi connectivity index (χ3n) is 2.33. The highest BCUT2D eigenvalue weighted by Crippen LogP contribution is 2.02. The van der Waals surface area contributed by atoms with E-state index in [0.717, 1.165) is 19.3 Å². The van der Waals surface area contributed by atoms with E-state index in [1.54, 1.807) is 6.92 Å². The van der Waals surface area contributed by atoms with E-state index in [9.17, 15) is 4.79 Å². The molecule has 0 saturated heterocycles. The van der Waals surface area contributed by atoms with Crippen LogP contribution in [0.25, 0.3) is 0 Å². The minimum Gasteiger partial charge on any atom is -0.409 e. The number of hydrogen-bond donors (Lipinski definition) is 3. The number of nitrogens with zero attached hydrogens (tertiary/aromatic N) is 1. The van der Waals surface area contributed by atoms with Crippen LogP contribution in [0, 0.1) is 5.92 Å². The molecule has 0 radical (unpaired) electrons. The van der Waals surface area contributed by atoms with Crippen LogP contribution in [0.2, 0.25) is 0 Å². The Hall–Kier alpha value is -1.26. The Morgan fingerprint density at radius 2 is 2.13 bits per heavy atom. The summed E-state index contributed by atoms with van der Waals surface area (Å²) in [6, 6.07) is 0.131. The van der Waals surface area contributed by atoms with Crippen LogP contribution in [0.15, 0.2) is 5.16 Å². The van der Waals surface area contributed by atoms with Crippen molar-refractivity contribution in [2.24, 2.45) is 16.8 Å². The van der Waals surface area contributed by atoms with Crippen molar-refractivity contribution in [1.82, 2.24) is 5.32 Å². The fourth-order valence-corrected chi connectivity index (χ4v) is 1.17. The molecule has 0 aliphatic carbocycles. The molecule has 0 aromatic carbocycles. The van der Waals surface area contributed by atoms with Crippen molar-refractivity contribution < 1.29 is 10.0 Å². The molecule has 5 nitrogen and oxygen atoms in total. The molecule has 15 heavy (non-hydrogen) atoms. The SMILES string of the molecule is CCCCC(C)NC(=O)C(C)C(N)=NO. The van der Waals surface area contributed by atoms with Crippen LogP contribution in [0.3, 0.4) is 0 Å². The molecule has 0 saturated carbocycles. The zero-order chi connectivity index (χ0) is 11.8. The van der Waals surface area contributed by atoms with Crippen molar-refractivity contribution in [1.29, 1.82) is 0 Å². The van der Waals surface area contributed by atoms with Crippen LogP contribution in [-0.2, 0) is 4.79 Å². The average molecular weight is 215 g/mol. The molecule has 0 fully saturated rings. The molecular weight excluding hydrogens is 194 g/mol. The van der Waals surface area contributed by atoms with E-state index < -0.39 is 5.92 Å². The maximum Gasteiger partial charge on any atom is 0.230 e. The van der Waals surface area contributed by atoms with E-state index in [1.165, 1.54) is 0 Å². The number of unbranched alkanes of at least 4 members (excludes halogenated alkanes) is 1. The first-order chi connectivity index (χ1) is 7.02. The predicted octanol–water partition coefficient (Wildman–Crippen LogP) is 1.06. The Kier molecular flexibility index (Phi) is 6.49. The third-order valence-corrected chi connectivity index (χ3v) is 2.33. The summed E-state index contributed by atoms with van der Waals surface area (Å²) < 4.78 is 0. The molecule has 88 valence electrons. The van der Waals surface area contributed by atoms with Crippen molar-refractivity contribution in [3.05, 3.63) is 0 Å². The number of carbonyl (C=O) groups is 1. The van der Waals surface area contributed by atoms with Gasteiger partial charge in [0.15, 0.2) is 5.84 Å². The lowest BCUT2D eigenvalue weighted by Crippen LogP contribution is -2.41. The minimum atomic E-state index is -0.584. The van der Waals surface area contributed by atoms with E-state index in [-0.39, 0.29) is 17.8 Å². The molecule has 0 aromatic rings. The van der Waals surface area contributed by atoms with Gasteiger partial charge < -0.3 is 16.3 Å². The van der Waals surface area contributed by atoms with Gasteiger partial charge in [-0.15, -0.1) is 0 Å². The number of oxime groups is 1. The number of amidine groups is 1. The van der Waals surface area contributed by atoms with Gasteiger partial charge in [0, 0.05) is 6.04 Å². The fraction of sp³-hybridized carbons (Fsp3) is 0.800. The number of carbonyl (C=O) groups excluding carboxylic acids is 1. The standard InChI is InChI=1S/C10H21N3O2/c1-4-5-6-7(2)12-10(14)8(3)9(11)13-15/h7-8,15H,4-6H2,1-3H3,(H2,11,13)(H,12,14). The van der Waals surface area contributed by atoms with Crippen LogP contribution >= 0.6 is 0 Å². The van der Waals surface area contributed by atoms with Gasteiger partial charge in [-0.3, -0.25) is 4.79 Å². The Morgan fingerprint density at radius 1 is 1.53 bits per heavy atom. The lowest BCUT2D eigenvalue weighted by Gasteiger charge is -2.16. The lowest BCUT2D eigenvalue weighted by atomic mass is 10.1. The summed E-state index contributed by atoms with van der Waals surface area (Å²) in [5.74, 6) is -0.844. The van der Waals surface area contributed by atoms with Crippen LogP contribution in [0.5, 0.6) is 0 Å². The molecule has 0 aliphatic rings. The average Bonchev–Trinajstić information content (AvgIpc) is 2.23. The Bertz CT molecular complexity index is 229. The number of nitrogens with one attached hydrogen (secondary N) is 1. The van der Waals surface area contributed by atoms with E-state index in [0.29, 0.717) is 0 Å². The first-order valence-electron chi connectivity index (χ1n) is 5.30. The summed E-state index contributed by atoms with van der Waals surface area (Å²) in [7, 11) is 0. The number of amides is 1. The number of hydrogen-bond acceptors (Lipinski definition) is 3. The molecule has 0 aliphatic heterocycles. The first kappa shape index (κ1) is 13.7. The molecule has 0 rings (SSSR count). The summed E-state index contributed by atoms with van der Waals surface area (Å²) in [4.78, 5) is 11.5. The Balaban J connectivity index is 4.01. The maximum absolute atomic E-state index is 11.5. The van der Waals surface area contributed by atoms with Gasteiger partial charge in [-0.1, -0.05) is 24.9 Å². The van der Waals surface area contributed by atoms with E-state index in [1.807, 2.05) is 6.92 Å². The Morgan fingerprint density at radius 3 is 2.60 bits per heavy atom. The smallest absolute Gasteiger partial charge is 0.230 e. The quantitative estimate of drug-likeness (QED) is 0.268. The van der Waals surface area contributed by atoms with E-state index >= 15 is 0 Å². The molecule has 2 unspecified atom stereocenters. The zero-order valence-corrected chi connectivity index (χ0v) is 9.66. The Labute approximate surface area is 90.7 Å². The van der Waals surface area contributed by atoms with Crippen molar-refractivity contribution >= 4 is 11.7 Å². The topological polar surface area (TPSA) is 87.7 Å². The highest BCUT2D eigenvalue weighted by molar-refractivity contribution is 6.01. The largest absolute Gasteiger partial charge is 0.409 e. The summed E-state index contributed by atoms with van der Waals surface area (Å²) >= 11 is 0. The van der Waals surface area contributed by atoms with Gasteiger partial charge in [0.25, 0.3) is 0 Å². The molecule has 4 N–H and O–H groups in total. The predicted molar refractivity (Wildman–Crippen MR) is 59.7 cm³/mol. The van der Waals surface area contributed by atoms with Gasteiger partial charge in [0.05, 0.1) is 5.92 Å². The number of rotatable bonds is 6. The molecule has 0 spiro atoms. The van der Waals surface area contributed by atoms with Gasteiger partial charge in [-0.25, -0.2) is 0 Å². The summed E-state index contributed by atoms with van der Waals surface area (Å²) in [6.07, 6.45) is 3.14. The van der Waals surface area contributed by atoms with Crippen LogP contribution in [0.4, 0.5) is 0 Å². The van der Waals surface area contributed by atoms with E-state index in [2.05, 4.69) is 17.4 Å². The fourth-order valence-electron chi connectivity index (χ4n) is 1.17. The zero-order valence-electron chi connectivity index (χ0n) is 9.66. The highest BCUT2D eigenvalue weighted by atomic mass is 16.4. The van der Waals surface area contributed by atoms with Gasteiger partial charge in [-0.05, 0) is 20.3 Å². The van der Waals surface area contributed by atoms with Gasteiger partial charge in [0.1, 0.15) is 0 Å². The second kappa shape index (κ2) is 7.09. The van der Waals surface area contributed by atoms with Crippen LogP contribution in [-0.4, -0.2) is 23.0 Å². The number of nitrogens with two attached hydrogens (primary N) is 1. The monoisotopic (exact) mass is 215 g/mol. The second-order valence-corrected chi connectivity index (χ2v) is 3.80. The van der Waals surface area contributed by atoms with Crippen LogP contribution < -0.4 is 11.1 Å². The van der Waals surface area contributed by atoms with Crippen LogP contribution in [0.1, 0.15) is 40.0 Å². The highest BCUT2D eigenvalue weighted by Gasteiger charge is 2.18. The van der Waals surface area contributed by atoms with Crippen molar-refractivity contribution in [2.75, 3.05) is 0 Å². The molecule has 0 heterocycles. The third kappa shape index (κ3) is 5.24. The van der Waals surface area contributed by atoms with E-state index in [4.69, 9.17) is 10.9 Å². The molecule has 1 amide bonds. The van der Waals surface area contributed by atoms with Crippen molar-refractivity contribution in [3.8, 4) is 0 Å². The summed E-state index contributed by atoms with van der Waals surface area (Å²) in [5.41, 5.74) is 5.33. The first-order valence-corrected chi connectivity index (χ1v) is 5.30. The van der Waals surface area contributed by atoms with Crippen molar-refractivity contribution in [3.63, 3.8) is 0 Å².